The second kappa shape index (κ2) is 10.1. The second-order valence-corrected chi connectivity index (χ2v) is 8.61. The van der Waals surface area contributed by atoms with Crippen LogP contribution in [0.15, 0.2) is 53.3 Å². The first-order chi connectivity index (χ1) is 16.8. The molecule has 3 aromatic rings. The van der Waals surface area contributed by atoms with Crippen molar-refractivity contribution in [2.24, 2.45) is 13.0 Å². The predicted octanol–water partition coefficient (Wildman–Crippen LogP) is 2.53. The summed E-state index contributed by atoms with van der Waals surface area (Å²) in [6.45, 7) is 2.59. The summed E-state index contributed by atoms with van der Waals surface area (Å²) >= 11 is 0. The minimum Gasteiger partial charge on any atom is -0.493 e. The van der Waals surface area contributed by atoms with E-state index in [2.05, 4.69) is 5.32 Å². The Labute approximate surface area is 203 Å². The number of methoxy groups -OCH3 is 2. The molecule has 2 amide bonds. The third-order valence-electron chi connectivity index (χ3n) is 6.51. The summed E-state index contributed by atoms with van der Waals surface area (Å²) in [4.78, 5) is 40.4. The molecular formula is C26H30N4O5. The van der Waals surface area contributed by atoms with Crippen LogP contribution in [-0.2, 0) is 23.1 Å². The Morgan fingerprint density at radius 3 is 2.46 bits per heavy atom. The zero-order valence-electron chi connectivity index (χ0n) is 20.4. The van der Waals surface area contributed by atoms with E-state index in [-0.39, 0.29) is 29.5 Å². The van der Waals surface area contributed by atoms with Gasteiger partial charge in [-0.15, -0.1) is 0 Å². The molecule has 184 valence electrons. The highest BCUT2D eigenvalue weighted by atomic mass is 16.5. The fourth-order valence-electron chi connectivity index (χ4n) is 4.40. The first-order valence-electron chi connectivity index (χ1n) is 11.5. The number of hydrogen-bond acceptors (Lipinski definition) is 5. The number of benzene rings is 2. The van der Waals surface area contributed by atoms with Crippen molar-refractivity contribution in [1.29, 1.82) is 0 Å². The topological polar surface area (TPSA) is 94.8 Å². The minimum absolute atomic E-state index is 0.0721. The summed E-state index contributed by atoms with van der Waals surface area (Å²) in [7, 11) is 4.94. The van der Waals surface area contributed by atoms with Crippen LogP contribution in [0, 0.1) is 12.8 Å². The van der Waals surface area contributed by atoms with Gasteiger partial charge in [0.05, 0.1) is 31.5 Å². The minimum atomic E-state index is -0.517. The lowest BCUT2D eigenvalue weighted by molar-refractivity contribution is -0.128. The number of carbonyl (C=O) groups excluding carboxylic acids is 2. The van der Waals surface area contributed by atoms with Crippen LogP contribution in [0.25, 0.3) is 5.69 Å². The highest BCUT2D eigenvalue weighted by Gasteiger charge is 2.35. The molecule has 0 aliphatic carbocycles. The standard InChI is InChI=1S/C26H30N4O5/c1-17-24(26(33)30(28(17)2)20-8-6-5-7-9-20)27-25(32)19-15-23(31)29(16-19)13-12-18-10-11-21(34-3)22(14-18)35-4/h5-11,14,19H,12-13,15-16H2,1-4H3,(H,27,32). The van der Waals surface area contributed by atoms with Crippen molar-refractivity contribution >= 4 is 17.5 Å². The Morgan fingerprint density at radius 2 is 1.77 bits per heavy atom. The molecule has 1 fully saturated rings. The van der Waals surface area contributed by atoms with E-state index in [1.54, 1.807) is 37.8 Å². The first kappa shape index (κ1) is 24.1. The number of para-hydroxylation sites is 1. The van der Waals surface area contributed by atoms with Crippen molar-refractivity contribution in [1.82, 2.24) is 14.3 Å². The number of carbonyl (C=O) groups is 2. The molecule has 1 saturated heterocycles. The molecule has 1 aromatic heterocycles. The van der Waals surface area contributed by atoms with E-state index < -0.39 is 5.92 Å². The van der Waals surface area contributed by atoms with Crippen LogP contribution >= 0.6 is 0 Å². The van der Waals surface area contributed by atoms with Crippen LogP contribution in [0.5, 0.6) is 11.5 Å². The third-order valence-corrected chi connectivity index (χ3v) is 6.51. The molecule has 0 radical (unpaired) electrons. The SMILES string of the molecule is COc1ccc(CCN2CC(C(=O)Nc3c(C)n(C)n(-c4ccccc4)c3=O)CC2=O)cc1OC. The van der Waals surface area contributed by atoms with Gasteiger partial charge in [-0.05, 0) is 43.2 Å². The van der Waals surface area contributed by atoms with Gasteiger partial charge in [0, 0.05) is 26.6 Å². The molecule has 1 aliphatic heterocycles. The second-order valence-electron chi connectivity index (χ2n) is 8.61. The van der Waals surface area contributed by atoms with Crippen molar-refractivity contribution in [3.8, 4) is 17.2 Å². The molecule has 9 heteroatoms. The molecular weight excluding hydrogens is 448 g/mol. The molecule has 2 heterocycles. The van der Waals surface area contributed by atoms with Crippen molar-refractivity contribution in [2.45, 2.75) is 19.8 Å². The Bertz CT molecular complexity index is 1300. The molecule has 0 saturated carbocycles. The molecule has 35 heavy (non-hydrogen) atoms. The quantitative estimate of drug-likeness (QED) is 0.537. The first-order valence-corrected chi connectivity index (χ1v) is 11.5. The maximum absolute atomic E-state index is 13.1. The van der Waals surface area contributed by atoms with Crippen molar-refractivity contribution in [3.05, 3.63) is 70.1 Å². The van der Waals surface area contributed by atoms with Crippen LogP contribution < -0.4 is 20.3 Å². The highest BCUT2D eigenvalue weighted by molar-refractivity contribution is 5.97. The maximum atomic E-state index is 13.1. The molecule has 1 N–H and O–H groups in total. The van der Waals surface area contributed by atoms with Gasteiger partial charge in [-0.3, -0.25) is 19.1 Å². The van der Waals surface area contributed by atoms with E-state index in [0.29, 0.717) is 42.4 Å². The Balaban J connectivity index is 1.42. The number of amides is 2. The predicted molar refractivity (Wildman–Crippen MR) is 132 cm³/mol. The van der Waals surface area contributed by atoms with Gasteiger partial charge in [0.25, 0.3) is 5.56 Å². The van der Waals surface area contributed by atoms with Gasteiger partial charge in [0.1, 0.15) is 5.69 Å². The summed E-state index contributed by atoms with van der Waals surface area (Å²) in [5.41, 5.74) is 2.28. The number of likely N-dealkylation sites (tertiary alicyclic amines) is 1. The molecule has 0 spiro atoms. The number of hydrogen-bond donors (Lipinski definition) is 1. The number of ether oxygens (including phenoxy) is 2. The number of nitrogens with one attached hydrogen (secondary N) is 1. The lowest BCUT2D eigenvalue weighted by Gasteiger charge is -2.17. The van der Waals surface area contributed by atoms with Gasteiger partial charge in [0.2, 0.25) is 11.8 Å². The number of nitrogens with zero attached hydrogens (tertiary/aromatic N) is 3. The maximum Gasteiger partial charge on any atom is 0.295 e. The summed E-state index contributed by atoms with van der Waals surface area (Å²) in [6, 6.07) is 14.9. The summed E-state index contributed by atoms with van der Waals surface area (Å²) in [5.74, 6) is 0.370. The molecule has 9 nitrogen and oxygen atoms in total. The van der Waals surface area contributed by atoms with Crippen LogP contribution in [-0.4, -0.2) is 53.4 Å². The molecule has 1 aliphatic rings. The van der Waals surface area contributed by atoms with Gasteiger partial charge in [-0.25, -0.2) is 4.68 Å². The van der Waals surface area contributed by atoms with E-state index >= 15 is 0 Å². The van der Waals surface area contributed by atoms with Gasteiger partial charge >= 0.3 is 0 Å². The zero-order chi connectivity index (χ0) is 25.1. The van der Waals surface area contributed by atoms with Crippen molar-refractivity contribution in [2.75, 3.05) is 32.6 Å². The summed E-state index contributed by atoms with van der Waals surface area (Å²) in [6.07, 6.45) is 0.747. The van der Waals surface area contributed by atoms with E-state index in [0.717, 1.165) is 5.56 Å². The van der Waals surface area contributed by atoms with E-state index in [1.807, 2.05) is 48.5 Å². The average molecular weight is 479 g/mol. The highest BCUT2D eigenvalue weighted by Crippen LogP contribution is 2.28. The van der Waals surface area contributed by atoms with Gasteiger partial charge in [-0.1, -0.05) is 24.3 Å². The number of anilines is 1. The average Bonchev–Trinajstić information content (AvgIpc) is 3.35. The fraction of sp³-hybridized carbons (Fsp3) is 0.346. The number of rotatable bonds is 8. The van der Waals surface area contributed by atoms with Crippen LogP contribution in [0.1, 0.15) is 17.7 Å². The van der Waals surface area contributed by atoms with Crippen LogP contribution in [0.2, 0.25) is 0 Å². The van der Waals surface area contributed by atoms with E-state index in [4.69, 9.17) is 9.47 Å². The number of aromatic nitrogens is 2. The summed E-state index contributed by atoms with van der Waals surface area (Å²) < 4.78 is 13.8. The lowest BCUT2D eigenvalue weighted by Crippen LogP contribution is -2.31. The zero-order valence-corrected chi connectivity index (χ0v) is 20.4. The third kappa shape index (κ3) is 4.80. The molecule has 4 rings (SSSR count). The Hall–Kier alpha value is -4.01. The molecule has 2 aromatic carbocycles. The van der Waals surface area contributed by atoms with E-state index in [9.17, 15) is 14.4 Å². The summed E-state index contributed by atoms with van der Waals surface area (Å²) in [5, 5.41) is 2.79. The fourth-order valence-corrected chi connectivity index (χ4v) is 4.40. The lowest BCUT2D eigenvalue weighted by atomic mass is 10.1. The Kier molecular flexibility index (Phi) is 6.95. The van der Waals surface area contributed by atoms with Crippen molar-refractivity contribution in [3.63, 3.8) is 0 Å². The van der Waals surface area contributed by atoms with Crippen LogP contribution in [0.3, 0.4) is 0 Å². The Morgan fingerprint density at radius 1 is 1.06 bits per heavy atom. The normalized spacial score (nSPS) is 15.4. The van der Waals surface area contributed by atoms with Crippen LogP contribution in [0.4, 0.5) is 5.69 Å². The largest absolute Gasteiger partial charge is 0.493 e. The smallest absolute Gasteiger partial charge is 0.295 e. The monoisotopic (exact) mass is 478 g/mol. The molecule has 0 bridgehead atoms. The van der Waals surface area contributed by atoms with Crippen molar-refractivity contribution < 1.29 is 19.1 Å². The van der Waals surface area contributed by atoms with Gasteiger partial charge in [-0.2, -0.15) is 0 Å². The molecule has 1 atom stereocenters. The van der Waals surface area contributed by atoms with Gasteiger partial charge in [0.15, 0.2) is 11.5 Å². The van der Waals surface area contributed by atoms with Gasteiger partial charge < -0.3 is 19.7 Å². The molecule has 1 unspecified atom stereocenters. The van der Waals surface area contributed by atoms with E-state index in [1.165, 1.54) is 4.68 Å².